The van der Waals surface area contributed by atoms with E-state index in [9.17, 15) is 14.4 Å². The molecule has 0 aliphatic heterocycles. The molecule has 104 valence electrons. The Bertz CT molecular complexity index is 510. The summed E-state index contributed by atoms with van der Waals surface area (Å²) in [5, 5.41) is 18.1. The van der Waals surface area contributed by atoms with E-state index in [1.807, 2.05) is 12.2 Å². The van der Waals surface area contributed by atoms with Crippen LogP contribution in [-0.4, -0.2) is 38.0 Å². The number of nitrogens with one attached hydrogen (secondary N) is 1. The van der Waals surface area contributed by atoms with Gasteiger partial charge < -0.3 is 10.8 Å². The van der Waals surface area contributed by atoms with Gasteiger partial charge in [-0.2, -0.15) is 0 Å². The highest BCUT2D eigenvalue weighted by molar-refractivity contribution is 5.95. The number of urea groups is 1. The minimum absolute atomic E-state index is 0.194. The number of carboxylic acid groups (broad SMARTS) is 1. The van der Waals surface area contributed by atoms with Gasteiger partial charge in [-0.05, 0) is 13.3 Å². The van der Waals surface area contributed by atoms with Crippen molar-refractivity contribution in [2.45, 2.75) is 32.7 Å². The van der Waals surface area contributed by atoms with Gasteiger partial charge in [0.05, 0.1) is 5.69 Å². The van der Waals surface area contributed by atoms with Gasteiger partial charge in [0.15, 0.2) is 5.69 Å². The molecule has 4 N–H and O–H groups in total. The van der Waals surface area contributed by atoms with E-state index in [1.54, 1.807) is 0 Å². The number of nitrogens with two attached hydrogens (primary N) is 1. The zero-order chi connectivity index (χ0) is 14.6. The van der Waals surface area contributed by atoms with E-state index in [4.69, 9.17) is 10.8 Å². The quantitative estimate of drug-likeness (QED) is 0.669. The molecule has 3 amide bonds. The Morgan fingerprint density at radius 2 is 2.11 bits per heavy atom. The summed E-state index contributed by atoms with van der Waals surface area (Å²) in [7, 11) is 0. The minimum Gasteiger partial charge on any atom is -0.476 e. The highest BCUT2D eigenvalue weighted by Crippen LogP contribution is 2.14. The fourth-order valence-electron chi connectivity index (χ4n) is 1.60. The van der Waals surface area contributed by atoms with E-state index in [0.717, 1.165) is 0 Å². The predicted octanol–water partition coefficient (Wildman–Crippen LogP) is -0.315. The molecular formula is C10H15N5O4. The molecule has 1 rings (SSSR count). The Morgan fingerprint density at radius 3 is 2.58 bits per heavy atom. The average Bonchev–Trinajstić information content (AvgIpc) is 2.71. The molecule has 0 aliphatic carbocycles. The molecule has 9 nitrogen and oxygen atoms in total. The minimum atomic E-state index is -1.21. The largest absolute Gasteiger partial charge is 0.476 e. The molecule has 0 fully saturated rings. The zero-order valence-corrected chi connectivity index (χ0v) is 10.6. The maximum absolute atomic E-state index is 11.6. The summed E-state index contributed by atoms with van der Waals surface area (Å²) in [4.78, 5) is 33.3. The monoisotopic (exact) mass is 269 g/mol. The summed E-state index contributed by atoms with van der Waals surface area (Å²) in [6.45, 7) is 3.33. The topological polar surface area (TPSA) is 140 Å². The van der Waals surface area contributed by atoms with Gasteiger partial charge in [0, 0.05) is 0 Å². The summed E-state index contributed by atoms with van der Waals surface area (Å²) >= 11 is 0. The first-order valence-electron chi connectivity index (χ1n) is 5.66. The molecule has 19 heavy (non-hydrogen) atoms. The molecule has 1 heterocycles. The highest BCUT2D eigenvalue weighted by Gasteiger charge is 2.25. The first-order chi connectivity index (χ1) is 8.88. The lowest BCUT2D eigenvalue weighted by molar-refractivity contribution is -0.123. The number of carbonyl (C=O) groups is 3. The third-order valence-electron chi connectivity index (χ3n) is 2.47. The van der Waals surface area contributed by atoms with Crippen molar-refractivity contribution in [1.82, 2.24) is 20.3 Å². The van der Waals surface area contributed by atoms with Crippen LogP contribution in [0.3, 0.4) is 0 Å². The molecule has 1 unspecified atom stereocenters. The summed E-state index contributed by atoms with van der Waals surface area (Å²) in [5.41, 5.74) is 4.99. The summed E-state index contributed by atoms with van der Waals surface area (Å²) in [6.07, 6.45) is 1.07. The SMILES string of the molecule is CCCc1c(C(=O)O)nnn1C(C)C(=O)NC(N)=O. The lowest BCUT2D eigenvalue weighted by Crippen LogP contribution is -2.39. The van der Waals surface area contributed by atoms with Gasteiger partial charge in [-0.25, -0.2) is 14.3 Å². The van der Waals surface area contributed by atoms with Crippen LogP contribution in [-0.2, 0) is 11.2 Å². The Kier molecular flexibility index (Phi) is 4.56. The molecule has 0 aliphatic rings. The van der Waals surface area contributed by atoms with Crippen molar-refractivity contribution in [3.8, 4) is 0 Å². The van der Waals surface area contributed by atoms with Gasteiger partial charge in [0.2, 0.25) is 0 Å². The Labute approximate surface area is 108 Å². The van der Waals surface area contributed by atoms with Gasteiger partial charge in [-0.15, -0.1) is 5.10 Å². The summed E-state index contributed by atoms with van der Waals surface area (Å²) in [5.74, 6) is -1.89. The number of hydrogen-bond donors (Lipinski definition) is 3. The molecule has 0 aromatic carbocycles. The van der Waals surface area contributed by atoms with Crippen LogP contribution < -0.4 is 11.1 Å². The number of carboxylic acids is 1. The second-order valence-electron chi connectivity index (χ2n) is 3.91. The van der Waals surface area contributed by atoms with E-state index < -0.39 is 23.9 Å². The summed E-state index contributed by atoms with van der Waals surface area (Å²) in [6, 6.07) is -1.86. The number of primary amides is 1. The zero-order valence-electron chi connectivity index (χ0n) is 10.6. The molecule has 1 aromatic heterocycles. The molecule has 0 saturated carbocycles. The maximum Gasteiger partial charge on any atom is 0.358 e. The van der Waals surface area contributed by atoms with Crippen LogP contribution in [0.25, 0.3) is 0 Å². The third-order valence-corrected chi connectivity index (χ3v) is 2.47. The predicted molar refractivity (Wildman–Crippen MR) is 63.4 cm³/mol. The lowest BCUT2D eigenvalue weighted by atomic mass is 10.2. The lowest BCUT2D eigenvalue weighted by Gasteiger charge is -2.13. The first kappa shape index (κ1) is 14.6. The number of aromatic carboxylic acids is 1. The van der Waals surface area contributed by atoms with Gasteiger partial charge in [-0.1, -0.05) is 18.6 Å². The van der Waals surface area contributed by atoms with Gasteiger partial charge in [0.25, 0.3) is 5.91 Å². The van der Waals surface area contributed by atoms with Crippen LogP contribution in [0.2, 0.25) is 0 Å². The van der Waals surface area contributed by atoms with Gasteiger partial charge in [0.1, 0.15) is 6.04 Å². The second-order valence-corrected chi connectivity index (χ2v) is 3.91. The average molecular weight is 269 g/mol. The maximum atomic E-state index is 11.6. The number of rotatable bonds is 5. The van der Waals surface area contributed by atoms with Crippen LogP contribution >= 0.6 is 0 Å². The van der Waals surface area contributed by atoms with Crippen LogP contribution in [0, 0.1) is 0 Å². The fraction of sp³-hybridized carbons (Fsp3) is 0.500. The molecular weight excluding hydrogens is 254 g/mol. The Hall–Kier alpha value is -2.45. The van der Waals surface area contributed by atoms with Gasteiger partial charge >= 0.3 is 12.0 Å². The summed E-state index contributed by atoms with van der Waals surface area (Å²) < 4.78 is 1.19. The first-order valence-corrected chi connectivity index (χ1v) is 5.66. The number of carbonyl (C=O) groups excluding carboxylic acids is 2. The molecule has 1 atom stereocenters. The fourth-order valence-corrected chi connectivity index (χ4v) is 1.60. The van der Waals surface area contributed by atoms with Crippen molar-refractivity contribution in [1.29, 1.82) is 0 Å². The Morgan fingerprint density at radius 1 is 1.47 bits per heavy atom. The number of hydrogen-bond acceptors (Lipinski definition) is 5. The molecule has 0 bridgehead atoms. The molecule has 1 aromatic rings. The number of imide groups is 1. The van der Waals surface area contributed by atoms with E-state index in [0.29, 0.717) is 18.5 Å². The standard InChI is InChI=1S/C10H15N5O4/c1-3-4-6-7(9(17)18)13-14-15(6)5(2)8(16)12-10(11)19/h5H,3-4H2,1-2H3,(H,17,18)(H3,11,12,16,19). The van der Waals surface area contributed by atoms with Crippen LogP contribution in [0.4, 0.5) is 4.79 Å². The van der Waals surface area contributed by atoms with Crippen molar-refractivity contribution in [2.75, 3.05) is 0 Å². The van der Waals surface area contributed by atoms with Gasteiger partial charge in [-0.3, -0.25) is 10.1 Å². The Balaban J connectivity index is 3.08. The third kappa shape index (κ3) is 3.27. The second kappa shape index (κ2) is 5.94. The van der Waals surface area contributed by atoms with E-state index >= 15 is 0 Å². The van der Waals surface area contributed by atoms with Crippen molar-refractivity contribution in [3.05, 3.63) is 11.4 Å². The van der Waals surface area contributed by atoms with Crippen molar-refractivity contribution in [3.63, 3.8) is 0 Å². The van der Waals surface area contributed by atoms with Crippen LogP contribution in [0.1, 0.15) is 42.5 Å². The number of nitrogens with zero attached hydrogens (tertiary/aromatic N) is 3. The van der Waals surface area contributed by atoms with Crippen LogP contribution in [0.15, 0.2) is 0 Å². The smallest absolute Gasteiger partial charge is 0.358 e. The van der Waals surface area contributed by atoms with Crippen LogP contribution in [0.5, 0.6) is 0 Å². The normalized spacial score (nSPS) is 11.9. The van der Waals surface area contributed by atoms with Crippen molar-refractivity contribution in [2.24, 2.45) is 5.73 Å². The molecule has 9 heteroatoms. The molecule has 0 radical (unpaired) electrons. The number of amides is 3. The van der Waals surface area contributed by atoms with Crippen molar-refractivity contribution >= 4 is 17.9 Å². The van der Waals surface area contributed by atoms with E-state index in [1.165, 1.54) is 11.6 Å². The highest BCUT2D eigenvalue weighted by atomic mass is 16.4. The van der Waals surface area contributed by atoms with E-state index in [2.05, 4.69) is 10.3 Å². The molecule has 0 spiro atoms. The molecule has 0 saturated heterocycles. The van der Waals surface area contributed by atoms with E-state index in [-0.39, 0.29) is 5.69 Å². The number of aromatic nitrogens is 3. The van der Waals surface area contributed by atoms with Crippen molar-refractivity contribution < 1.29 is 19.5 Å².